The van der Waals surface area contributed by atoms with Gasteiger partial charge in [0, 0.05) is 6.26 Å². The molecular formula is C19H23ClFNO3S. The zero-order valence-electron chi connectivity index (χ0n) is 14.6. The molecule has 0 atom stereocenters. The second-order valence-corrected chi connectivity index (χ2v) is 8.43. The lowest BCUT2D eigenvalue weighted by Crippen LogP contribution is -2.26. The van der Waals surface area contributed by atoms with Crippen molar-refractivity contribution >= 4 is 22.2 Å². The highest BCUT2D eigenvalue weighted by atomic mass is 35.5. The Kier molecular flexibility index (Phi) is 7.03. The minimum Gasteiger partial charge on any atom is -0.486 e. The van der Waals surface area contributed by atoms with Gasteiger partial charge in [0.05, 0.1) is 4.90 Å². The van der Waals surface area contributed by atoms with Crippen LogP contribution in [0.4, 0.5) is 4.39 Å². The normalized spacial score (nSPS) is 15.3. The van der Waals surface area contributed by atoms with Gasteiger partial charge in [0.1, 0.15) is 6.61 Å². The lowest BCUT2D eigenvalue weighted by Gasteiger charge is -2.23. The van der Waals surface area contributed by atoms with Crippen LogP contribution in [0.3, 0.4) is 0 Å². The van der Waals surface area contributed by atoms with E-state index in [9.17, 15) is 12.8 Å². The molecule has 0 amide bonds. The Bertz CT molecular complexity index is 834. The molecule has 0 radical (unpaired) electrons. The maximum absolute atomic E-state index is 14.0. The number of ether oxygens (including phenoxy) is 1. The van der Waals surface area contributed by atoms with Gasteiger partial charge in [0.25, 0.3) is 0 Å². The van der Waals surface area contributed by atoms with Gasteiger partial charge in [0.2, 0.25) is 0 Å². The minimum atomic E-state index is -3.42. The molecule has 3 rings (SSSR count). The molecule has 0 spiro atoms. The number of hydrogen-bond donors (Lipinski definition) is 1. The van der Waals surface area contributed by atoms with Crippen LogP contribution in [0.5, 0.6) is 5.75 Å². The van der Waals surface area contributed by atoms with Crippen LogP contribution in [0.15, 0.2) is 47.4 Å². The van der Waals surface area contributed by atoms with E-state index < -0.39 is 15.7 Å². The summed E-state index contributed by atoms with van der Waals surface area (Å²) in [5.74, 6) is -0.0266. The fraction of sp³-hybridized carbons (Fsp3) is 0.368. The monoisotopic (exact) mass is 399 g/mol. The highest BCUT2D eigenvalue weighted by Gasteiger charge is 2.15. The minimum absolute atomic E-state index is 0. The number of rotatable bonds is 5. The molecule has 2 aromatic carbocycles. The zero-order valence-corrected chi connectivity index (χ0v) is 16.2. The second-order valence-electron chi connectivity index (χ2n) is 6.42. The number of sulfone groups is 1. The number of hydrogen-bond acceptors (Lipinski definition) is 4. The van der Waals surface area contributed by atoms with Crippen LogP contribution in [0, 0.1) is 5.82 Å². The Morgan fingerprint density at radius 3 is 2.35 bits per heavy atom. The smallest absolute Gasteiger partial charge is 0.175 e. The average molecular weight is 400 g/mol. The third-order valence-electron chi connectivity index (χ3n) is 4.52. The molecule has 4 nitrogen and oxygen atoms in total. The Morgan fingerprint density at radius 2 is 1.77 bits per heavy atom. The molecule has 1 saturated heterocycles. The van der Waals surface area contributed by atoms with Crippen molar-refractivity contribution in [2.24, 2.45) is 0 Å². The van der Waals surface area contributed by atoms with Crippen LogP contribution in [0.25, 0.3) is 0 Å². The number of nitrogens with one attached hydrogen (secondary N) is 1. The maximum Gasteiger partial charge on any atom is 0.175 e. The summed E-state index contributed by atoms with van der Waals surface area (Å²) in [4.78, 5) is -0.0522. The van der Waals surface area contributed by atoms with Crippen molar-refractivity contribution in [1.29, 1.82) is 0 Å². The van der Waals surface area contributed by atoms with Gasteiger partial charge < -0.3 is 10.1 Å². The fourth-order valence-electron chi connectivity index (χ4n) is 3.03. The van der Waals surface area contributed by atoms with E-state index in [-0.39, 0.29) is 29.7 Å². The van der Waals surface area contributed by atoms with E-state index >= 15 is 0 Å². The third-order valence-corrected chi connectivity index (χ3v) is 5.63. The van der Waals surface area contributed by atoms with Crippen LogP contribution < -0.4 is 10.1 Å². The van der Waals surface area contributed by atoms with Crippen molar-refractivity contribution in [3.8, 4) is 5.75 Å². The van der Waals surface area contributed by atoms with Gasteiger partial charge in [-0.1, -0.05) is 24.3 Å². The lowest BCUT2D eigenvalue weighted by molar-refractivity contribution is 0.290. The van der Waals surface area contributed by atoms with Gasteiger partial charge in [-0.25, -0.2) is 12.8 Å². The molecule has 1 N–H and O–H groups in total. The molecule has 0 saturated carbocycles. The molecule has 0 bridgehead atoms. The first-order chi connectivity index (χ1) is 11.9. The molecule has 0 aromatic heterocycles. The third kappa shape index (κ3) is 5.19. The fourth-order valence-corrected chi connectivity index (χ4v) is 3.66. The first kappa shape index (κ1) is 20.7. The summed E-state index contributed by atoms with van der Waals surface area (Å²) in [6.07, 6.45) is 3.34. The quantitative estimate of drug-likeness (QED) is 0.832. The highest BCUT2D eigenvalue weighted by molar-refractivity contribution is 7.90. The summed E-state index contributed by atoms with van der Waals surface area (Å²) >= 11 is 0. The van der Waals surface area contributed by atoms with Gasteiger partial charge >= 0.3 is 0 Å². The topological polar surface area (TPSA) is 55.4 Å². The van der Waals surface area contributed by atoms with Crippen molar-refractivity contribution in [2.75, 3.05) is 19.3 Å². The standard InChI is InChI=1S/C19H22FNO3S.ClH/c1-25(22,23)17-6-7-19(18(20)12-17)24-13-14-2-4-15(5-3-14)16-8-10-21-11-9-16;/h2-7,12,16,21H,8-11,13H2,1H3;1H. The molecule has 1 heterocycles. The molecule has 1 fully saturated rings. The summed E-state index contributed by atoms with van der Waals surface area (Å²) in [5.41, 5.74) is 2.28. The Balaban J connectivity index is 0.00000243. The summed E-state index contributed by atoms with van der Waals surface area (Å²) in [6.45, 7) is 2.35. The van der Waals surface area contributed by atoms with Crippen LogP contribution in [-0.4, -0.2) is 27.8 Å². The van der Waals surface area contributed by atoms with Crippen LogP contribution in [0.2, 0.25) is 0 Å². The first-order valence-electron chi connectivity index (χ1n) is 8.35. The van der Waals surface area contributed by atoms with E-state index in [0.717, 1.165) is 43.8 Å². The molecule has 1 aliphatic rings. The summed E-state index contributed by atoms with van der Waals surface area (Å²) in [6, 6.07) is 11.9. The van der Waals surface area contributed by atoms with Crippen molar-refractivity contribution in [3.63, 3.8) is 0 Å². The molecule has 0 unspecified atom stereocenters. The molecule has 7 heteroatoms. The number of benzene rings is 2. The SMILES string of the molecule is CS(=O)(=O)c1ccc(OCc2ccc(C3CCNCC3)cc2)c(F)c1.Cl. The lowest BCUT2D eigenvalue weighted by atomic mass is 9.90. The maximum atomic E-state index is 14.0. The van der Waals surface area contributed by atoms with E-state index in [4.69, 9.17) is 4.74 Å². The van der Waals surface area contributed by atoms with Gasteiger partial charge in [0.15, 0.2) is 21.4 Å². The van der Waals surface area contributed by atoms with Crippen LogP contribution >= 0.6 is 12.4 Å². The highest BCUT2D eigenvalue weighted by Crippen LogP contribution is 2.26. The van der Waals surface area contributed by atoms with E-state index in [1.54, 1.807) is 0 Å². The van der Waals surface area contributed by atoms with E-state index in [2.05, 4.69) is 17.4 Å². The summed E-state index contributed by atoms with van der Waals surface area (Å²) < 4.78 is 42.3. The molecular weight excluding hydrogens is 377 g/mol. The first-order valence-corrected chi connectivity index (χ1v) is 10.2. The van der Waals surface area contributed by atoms with Crippen molar-refractivity contribution < 1.29 is 17.5 Å². The molecule has 142 valence electrons. The van der Waals surface area contributed by atoms with Crippen molar-refractivity contribution in [3.05, 3.63) is 59.4 Å². The molecule has 1 aliphatic heterocycles. The predicted octanol–water partition coefficient (Wildman–Crippen LogP) is 3.70. The summed E-state index contributed by atoms with van der Waals surface area (Å²) in [5, 5.41) is 3.36. The second kappa shape index (κ2) is 8.84. The van der Waals surface area contributed by atoms with Crippen molar-refractivity contribution in [2.45, 2.75) is 30.3 Å². The van der Waals surface area contributed by atoms with E-state index in [0.29, 0.717) is 5.92 Å². The number of piperidine rings is 1. The Hall–Kier alpha value is -1.63. The largest absolute Gasteiger partial charge is 0.486 e. The van der Waals surface area contributed by atoms with Crippen LogP contribution in [-0.2, 0) is 16.4 Å². The Labute approximate surface area is 160 Å². The van der Waals surface area contributed by atoms with Crippen LogP contribution in [0.1, 0.15) is 29.9 Å². The molecule has 0 aliphatic carbocycles. The zero-order chi connectivity index (χ0) is 17.9. The Morgan fingerprint density at radius 1 is 1.12 bits per heavy atom. The van der Waals surface area contributed by atoms with Gasteiger partial charge in [-0.15, -0.1) is 12.4 Å². The average Bonchev–Trinajstić information content (AvgIpc) is 2.61. The van der Waals surface area contributed by atoms with E-state index in [1.807, 2.05) is 12.1 Å². The van der Waals surface area contributed by atoms with Gasteiger partial charge in [-0.3, -0.25) is 0 Å². The molecule has 26 heavy (non-hydrogen) atoms. The van der Waals surface area contributed by atoms with E-state index in [1.165, 1.54) is 17.7 Å². The molecule has 2 aromatic rings. The number of halogens is 2. The van der Waals surface area contributed by atoms with Gasteiger partial charge in [-0.05, 0) is 61.2 Å². The van der Waals surface area contributed by atoms with Gasteiger partial charge in [-0.2, -0.15) is 0 Å². The summed E-state index contributed by atoms with van der Waals surface area (Å²) in [7, 11) is -3.42. The van der Waals surface area contributed by atoms with Crippen molar-refractivity contribution in [1.82, 2.24) is 5.32 Å². The predicted molar refractivity (Wildman–Crippen MR) is 102 cm³/mol.